The van der Waals surface area contributed by atoms with Crippen LogP contribution in [0.3, 0.4) is 0 Å². The van der Waals surface area contributed by atoms with Crippen molar-refractivity contribution in [2.45, 2.75) is 51.9 Å². The summed E-state index contributed by atoms with van der Waals surface area (Å²) in [6.45, 7) is 4.58. The molecule has 1 fully saturated rings. The Balaban J connectivity index is 2.04. The van der Waals surface area contributed by atoms with E-state index in [0.717, 1.165) is 11.8 Å². The molecule has 0 aliphatic heterocycles. The molecule has 1 aliphatic carbocycles. The Morgan fingerprint density at radius 2 is 1.73 bits per heavy atom. The van der Waals surface area contributed by atoms with Crippen molar-refractivity contribution in [3.05, 3.63) is 35.4 Å². The predicted octanol–water partition coefficient (Wildman–Crippen LogP) is 4.68. The second-order valence-electron chi connectivity index (χ2n) is 4.98. The van der Waals surface area contributed by atoms with Crippen LogP contribution in [0.1, 0.15) is 56.1 Å². The van der Waals surface area contributed by atoms with E-state index in [9.17, 15) is 0 Å². The molecule has 15 heavy (non-hydrogen) atoms. The zero-order chi connectivity index (χ0) is 10.7. The lowest BCUT2D eigenvalue weighted by atomic mass is 9.77. The molecule has 1 saturated carbocycles. The van der Waals surface area contributed by atoms with Gasteiger partial charge >= 0.3 is 0 Å². The van der Waals surface area contributed by atoms with Crippen molar-refractivity contribution in [1.82, 2.24) is 0 Å². The van der Waals surface area contributed by atoms with Crippen LogP contribution in [0.25, 0.3) is 0 Å². The van der Waals surface area contributed by atoms with Gasteiger partial charge in [-0.05, 0) is 55.6 Å². The van der Waals surface area contributed by atoms with Gasteiger partial charge in [-0.15, -0.1) is 0 Å². The molecule has 1 aliphatic rings. The largest absolute Gasteiger partial charge is 0.0651 e. The van der Waals surface area contributed by atoms with Crippen molar-refractivity contribution >= 4 is 0 Å². The molecule has 0 bridgehead atoms. The maximum Gasteiger partial charge on any atom is -0.0159 e. The van der Waals surface area contributed by atoms with Crippen LogP contribution in [-0.4, -0.2) is 0 Å². The minimum absolute atomic E-state index is 0.842. The Hall–Kier alpha value is -0.780. The standard InChI is InChI=1S/C15H22/c1-3-13-8-10-14(11-9-13)15-7-5-4-6-12(15)2/h4-7,13-14H,3,8-11H2,1-2H3. The van der Waals surface area contributed by atoms with Gasteiger partial charge in [-0.3, -0.25) is 0 Å². The van der Waals surface area contributed by atoms with E-state index in [4.69, 9.17) is 0 Å². The molecule has 82 valence electrons. The normalized spacial score (nSPS) is 26.5. The summed E-state index contributed by atoms with van der Waals surface area (Å²) >= 11 is 0. The van der Waals surface area contributed by atoms with Gasteiger partial charge in [-0.1, -0.05) is 37.6 Å². The van der Waals surface area contributed by atoms with E-state index in [0.29, 0.717) is 0 Å². The second-order valence-corrected chi connectivity index (χ2v) is 4.98. The first-order valence-electron chi connectivity index (χ1n) is 6.36. The fourth-order valence-corrected chi connectivity index (χ4v) is 2.93. The van der Waals surface area contributed by atoms with Crippen molar-refractivity contribution in [3.8, 4) is 0 Å². The average Bonchev–Trinajstić information content (AvgIpc) is 2.30. The molecule has 2 rings (SSSR count). The zero-order valence-electron chi connectivity index (χ0n) is 10.00. The molecule has 0 spiro atoms. The van der Waals surface area contributed by atoms with Crippen molar-refractivity contribution in [1.29, 1.82) is 0 Å². The van der Waals surface area contributed by atoms with Crippen molar-refractivity contribution < 1.29 is 0 Å². The topological polar surface area (TPSA) is 0 Å². The predicted molar refractivity (Wildman–Crippen MR) is 66.2 cm³/mol. The number of benzene rings is 1. The van der Waals surface area contributed by atoms with E-state index in [1.807, 2.05) is 0 Å². The highest BCUT2D eigenvalue weighted by Crippen LogP contribution is 2.37. The first-order valence-corrected chi connectivity index (χ1v) is 6.36. The molecule has 0 radical (unpaired) electrons. The average molecular weight is 202 g/mol. The smallest absolute Gasteiger partial charge is 0.0159 e. The minimum atomic E-state index is 0.842. The van der Waals surface area contributed by atoms with Crippen LogP contribution in [-0.2, 0) is 0 Å². The van der Waals surface area contributed by atoms with Crippen molar-refractivity contribution in [3.63, 3.8) is 0 Å². The van der Waals surface area contributed by atoms with Crippen LogP contribution in [0.5, 0.6) is 0 Å². The highest BCUT2D eigenvalue weighted by molar-refractivity contribution is 5.29. The van der Waals surface area contributed by atoms with E-state index in [2.05, 4.69) is 38.1 Å². The van der Waals surface area contributed by atoms with Crippen LogP contribution >= 0.6 is 0 Å². The number of hydrogen-bond donors (Lipinski definition) is 0. The Morgan fingerprint density at radius 1 is 1.07 bits per heavy atom. The third kappa shape index (κ3) is 2.42. The lowest BCUT2D eigenvalue weighted by molar-refractivity contribution is 0.318. The summed E-state index contributed by atoms with van der Waals surface area (Å²) in [5.74, 6) is 1.85. The molecule has 0 atom stereocenters. The van der Waals surface area contributed by atoms with E-state index in [-0.39, 0.29) is 0 Å². The number of aryl methyl sites for hydroxylation is 1. The Morgan fingerprint density at radius 3 is 2.33 bits per heavy atom. The Bertz CT molecular complexity index is 306. The van der Waals surface area contributed by atoms with Gasteiger partial charge in [0.05, 0.1) is 0 Å². The summed E-state index contributed by atoms with van der Waals surface area (Å²) in [5, 5.41) is 0. The van der Waals surface area contributed by atoms with Crippen molar-refractivity contribution in [2.24, 2.45) is 5.92 Å². The summed E-state index contributed by atoms with van der Waals surface area (Å²) < 4.78 is 0. The third-order valence-electron chi connectivity index (χ3n) is 4.05. The molecule has 0 unspecified atom stereocenters. The maximum atomic E-state index is 2.33. The second kappa shape index (κ2) is 4.83. The van der Waals surface area contributed by atoms with Gasteiger partial charge in [0.1, 0.15) is 0 Å². The van der Waals surface area contributed by atoms with Gasteiger partial charge in [0.2, 0.25) is 0 Å². The first kappa shape index (κ1) is 10.7. The quantitative estimate of drug-likeness (QED) is 0.653. The van der Waals surface area contributed by atoms with Crippen LogP contribution in [0.15, 0.2) is 24.3 Å². The maximum absolute atomic E-state index is 2.33. The molecule has 0 aromatic heterocycles. The van der Waals surface area contributed by atoms with E-state index >= 15 is 0 Å². The summed E-state index contributed by atoms with van der Waals surface area (Å²) in [7, 11) is 0. The summed E-state index contributed by atoms with van der Waals surface area (Å²) in [4.78, 5) is 0. The third-order valence-corrected chi connectivity index (χ3v) is 4.05. The van der Waals surface area contributed by atoms with E-state index in [1.54, 1.807) is 5.56 Å². The molecular formula is C15H22. The first-order chi connectivity index (χ1) is 7.31. The van der Waals surface area contributed by atoms with Gasteiger partial charge in [-0.25, -0.2) is 0 Å². The summed E-state index contributed by atoms with van der Waals surface area (Å²) in [6.07, 6.45) is 7.07. The highest BCUT2D eigenvalue weighted by Gasteiger charge is 2.21. The Kier molecular flexibility index (Phi) is 3.45. The van der Waals surface area contributed by atoms with E-state index < -0.39 is 0 Å². The monoisotopic (exact) mass is 202 g/mol. The summed E-state index contributed by atoms with van der Waals surface area (Å²) in [5.41, 5.74) is 3.09. The molecule has 1 aromatic carbocycles. The van der Waals surface area contributed by atoms with E-state index in [1.165, 1.54) is 37.7 Å². The van der Waals surface area contributed by atoms with Crippen LogP contribution in [0.4, 0.5) is 0 Å². The van der Waals surface area contributed by atoms with Crippen molar-refractivity contribution in [2.75, 3.05) is 0 Å². The molecule has 0 saturated heterocycles. The van der Waals surface area contributed by atoms with Gasteiger partial charge in [0.15, 0.2) is 0 Å². The van der Waals surface area contributed by atoms with Crippen LogP contribution in [0, 0.1) is 12.8 Å². The number of hydrogen-bond acceptors (Lipinski definition) is 0. The minimum Gasteiger partial charge on any atom is -0.0651 e. The highest BCUT2D eigenvalue weighted by atomic mass is 14.3. The molecule has 0 amide bonds. The van der Waals surface area contributed by atoms with Crippen LogP contribution in [0.2, 0.25) is 0 Å². The van der Waals surface area contributed by atoms with Crippen LogP contribution < -0.4 is 0 Å². The fraction of sp³-hybridized carbons (Fsp3) is 0.600. The molecule has 0 heterocycles. The summed E-state index contributed by atoms with van der Waals surface area (Å²) in [6, 6.07) is 8.91. The SMILES string of the molecule is CCC1CCC(c2ccccc2C)CC1. The van der Waals surface area contributed by atoms with Gasteiger partial charge < -0.3 is 0 Å². The zero-order valence-corrected chi connectivity index (χ0v) is 10.00. The lowest BCUT2D eigenvalue weighted by Crippen LogP contribution is -2.13. The van der Waals surface area contributed by atoms with Gasteiger partial charge in [-0.2, -0.15) is 0 Å². The fourth-order valence-electron chi connectivity index (χ4n) is 2.93. The molecule has 0 heteroatoms. The lowest BCUT2D eigenvalue weighted by Gasteiger charge is -2.29. The Labute approximate surface area is 93.7 Å². The molecule has 0 N–H and O–H groups in total. The molecule has 1 aromatic rings. The number of rotatable bonds is 2. The van der Waals surface area contributed by atoms with Gasteiger partial charge in [0, 0.05) is 0 Å². The van der Waals surface area contributed by atoms with Gasteiger partial charge in [0.25, 0.3) is 0 Å². The molecular weight excluding hydrogens is 180 g/mol. The molecule has 0 nitrogen and oxygen atoms in total.